The van der Waals surface area contributed by atoms with Gasteiger partial charge in [0.15, 0.2) is 16.6 Å². The van der Waals surface area contributed by atoms with E-state index < -0.39 is 16.6 Å². The van der Waals surface area contributed by atoms with E-state index >= 15 is 0 Å². The SMILES string of the molecule is CC/C(=C/C=C(Br)Br)c1cccc(CCc2ccc(CO[Si](C)(C)C(C)(C)C)c(CO[Si](C)(C)C(C)(C)C)c2)c1. The van der Waals surface area contributed by atoms with E-state index in [0.29, 0.717) is 13.2 Å². The molecular formula is C34H52Br2O2Si2. The highest BCUT2D eigenvalue weighted by Gasteiger charge is 2.38. The van der Waals surface area contributed by atoms with Gasteiger partial charge in [-0.25, -0.2) is 0 Å². The van der Waals surface area contributed by atoms with Crippen molar-refractivity contribution in [3.05, 3.63) is 85.8 Å². The zero-order chi connectivity index (χ0) is 30.4. The molecule has 0 heterocycles. The number of benzene rings is 2. The molecule has 2 aromatic carbocycles. The molecule has 0 bridgehead atoms. The molecule has 0 amide bonds. The van der Waals surface area contributed by atoms with Crippen molar-refractivity contribution in [1.29, 1.82) is 0 Å². The smallest absolute Gasteiger partial charge is 0.192 e. The minimum absolute atomic E-state index is 0.180. The number of halogens is 2. The summed E-state index contributed by atoms with van der Waals surface area (Å²) in [5.41, 5.74) is 7.88. The lowest BCUT2D eigenvalue weighted by Gasteiger charge is -2.37. The van der Waals surface area contributed by atoms with Crippen molar-refractivity contribution in [3.8, 4) is 0 Å². The van der Waals surface area contributed by atoms with Gasteiger partial charge in [-0.15, -0.1) is 0 Å². The maximum absolute atomic E-state index is 6.71. The molecule has 0 aromatic heterocycles. The molecule has 0 radical (unpaired) electrons. The van der Waals surface area contributed by atoms with Crippen LogP contribution in [0.15, 0.2) is 58.0 Å². The first-order valence-electron chi connectivity index (χ1n) is 14.6. The van der Waals surface area contributed by atoms with E-state index in [4.69, 9.17) is 8.85 Å². The van der Waals surface area contributed by atoms with Crippen molar-refractivity contribution in [2.45, 2.75) is 117 Å². The van der Waals surface area contributed by atoms with Gasteiger partial charge in [0.05, 0.1) is 16.6 Å². The van der Waals surface area contributed by atoms with Crippen LogP contribution in [0, 0.1) is 0 Å². The van der Waals surface area contributed by atoms with E-state index in [2.05, 4.69) is 161 Å². The highest BCUT2D eigenvalue weighted by atomic mass is 79.9. The summed E-state index contributed by atoms with van der Waals surface area (Å²) in [5.74, 6) is 0. The van der Waals surface area contributed by atoms with Crippen LogP contribution in [0.1, 0.15) is 82.7 Å². The average Bonchev–Trinajstić information content (AvgIpc) is 2.84. The van der Waals surface area contributed by atoms with Crippen LogP contribution in [0.5, 0.6) is 0 Å². The summed E-state index contributed by atoms with van der Waals surface area (Å²) < 4.78 is 14.3. The Morgan fingerprint density at radius 3 is 1.75 bits per heavy atom. The van der Waals surface area contributed by atoms with Crippen LogP contribution in [-0.4, -0.2) is 16.6 Å². The number of aryl methyl sites for hydroxylation is 2. The standard InChI is InChI=1S/C34H52Br2O2Si2/c1-12-28(20-21-32(35)36)29-15-13-14-26(22-29)16-17-27-18-19-30(24-37-39(8,9)33(2,3)4)31(23-27)25-38-40(10,11)34(5,6)7/h13-15,18-23H,12,16-17,24-25H2,1-11H3/b28-20-. The zero-order valence-electron chi connectivity index (χ0n) is 26.8. The summed E-state index contributed by atoms with van der Waals surface area (Å²) >= 11 is 6.92. The molecule has 2 nitrogen and oxygen atoms in total. The zero-order valence-corrected chi connectivity index (χ0v) is 32.0. The Bertz CT molecular complexity index is 1180. The Kier molecular flexibility index (Phi) is 12.9. The summed E-state index contributed by atoms with van der Waals surface area (Å²) in [5, 5.41) is 0.368. The Morgan fingerprint density at radius 1 is 0.725 bits per heavy atom. The highest BCUT2D eigenvalue weighted by Crippen LogP contribution is 2.39. The van der Waals surface area contributed by atoms with Crippen LogP contribution < -0.4 is 0 Å². The predicted molar refractivity (Wildman–Crippen MR) is 188 cm³/mol. The van der Waals surface area contributed by atoms with Crippen LogP contribution in [0.2, 0.25) is 36.3 Å². The van der Waals surface area contributed by atoms with Crippen molar-refractivity contribution >= 4 is 54.1 Å². The van der Waals surface area contributed by atoms with Gasteiger partial charge in [0.25, 0.3) is 0 Å². The lowest BCUT2D eigenvalue weighted by Crippen LogP contribution is -2.41. The topological polar surface area (TPSA) is 18.5 Å². The minimum atomic E-state index is -1.87. The van der Waals surface area contributed by atoms with Gasteiger partial charge in [0.1, 0.15) is 0 Å². The molecule has 40 heavy (non-hydrogen) atoms. The normalized spacial score (nSPS) is 13.5. The number of hydrogen-bond acceptors (Lipinski definition) is 2. The first-order valence-corrected chi connectivity index (χ1v) is 22.0. The lowest BCUT2D eigenvalue weighted by atomic mass is 9.96. The van der Waals surface area contributed by atoms with Gasteiger partial charge in [0, 0.05) is 0 Å². The molecule has 0 atom stereocenters. The van der Waals surface area contributed by atoms with Gasteiger partial charge < -0.3 is 8.85 Å². The molecule has 0 saturated carbocycles. The van der Waals surface area contributed by atoms with Crippen LogP contribution in [0.4, 0.5) is 0 Å². The number of hydrogen-bond donors (Lipinski definition) is 0. The molecule has 222 valence electrons. The molecule has 0 spiro atoms. The van der Waals surface area contributed by atoms with E-state index in [-0.39, 0.29) is 10.1 Å². The molecule has 0 fully saturated rings. The third kappa shape index (κ3) is 10.5. The number of rotatable bonds is 12. The summed E-state index contributed by atoms with van der Waals surface area (Å²) in [7, 11) is -3.72. The largest absolute Gasteiger partial charge is 0.413 e. The number of allylic oxidation sites excluding steroid dienone is 3. The Hall–Kier alpha value is -0.766. The second-order valence-electron chi connectivity index (χ2n) is 13.9. The first kappa shape index (κ1) is 35.4. The molecule has 2 aromatic rings. The van der Waals surface area contributed by atoms with E-state index in [0.717, 1.165) is 22.7 Å². The fraction of sp³-hybridized carbons (Fsp3) is 0.529. The van der Waals surface area contributed by atoms with Crippen LogP contribution in [-0.2, 0) is 34.9 Å². The van der Waals surface area contributed by atoms with Crippen molar-refractivity contribution in [1.82, 2.24) is 0 Å². The van der Waals surface area contributed by atoms with Crippen molar-refractivity contribution in [2.24, 2.45) is 0 Å². The van der Waals surface area contributed by atoms with Gasteiger partial charge >= 0.3 is 0 Å². The van der Waals surface area contributed by atoms with E-state index in [1.165, 1.54) is 33.4 Å². The molecule has 0 aliphatic heterocycles. The molecular weight excluding hydrogens is 656 g/mol. The Balaban J connectivity index is 2.29. The maximum Gasteiger partial charge on any atom is 0.192 e. The van der Waals surface area contributed by atoms with Gasteiger partial charge in [-0.05, 0) is 127 Å². The fourth-order valence-corrected chi connectivity index (χ4v) is 6.02. The summed E-state index contributed by atoms with van der Waals surface area (Å²) in [6, 6.07) is 15.9. The van der Waals surface area contributed by atoms with Crippen molar-refractivity contribution in [2.75, 3.05) is 0 Å². The van der Waals surface area contributed by atoms with Gasteiger partial charge in [0.2, 0.25) is 0 Å². The van der Waals surface area contributed by atoms with Gasteiger partial charge in [-0.1, -0.05) is 97.0 Å². The average molecular weight is 709 g/mol. The predicted octanol–water partition coefficient (Wildman–Crippen LogP) is 11.9. The monoisotopic (exact) mass is 706 g/mol. The Labute approximate surface area is 264 Å². The quantitative estimate of drug-likeness (QED) is 0.161. The van der Waals surface area contributed by atoms with Crippen molar-refractivity contribution in [3.63, 3.8) is 0 Å². The maximum atomic E-state index is 6.71. The lowest BCUT2D eigenvalue weighted by molar-refractivity contribution is 0.257. The third-order valence-corrected chi connectivity index (χ3v) is 18.3. The summed E-state index contributed by atoms with van der Waals surface area (Å²) in [4.78, 5) is 0. The first-order chi connectivity index (χ1) is 18.4. The van der Waals surface area contributed by atoms with Crippen molar-refractivity contribution < 1.29 is 8.85 Å². The molecule has 6 heteroatoms. The molecule has 0 saturated heterocycles. The van der Waals surface area contributed by atoms with Gasteiger partial charge in [-0.3, -0.25) is 0 Å². The highest BCUT2D eigenvalue weighted by molar-refractivity contribution is 9.28. The minimum Gasteiger partial charge on any atom is -0.413 e. The van der Waals surface area contributed by atoms with E-state index in [9.17, 15) is 0 Å². The molecule has 0 aliphatic rings. The van der Waals surface area contributed by atoms with Gasteiger partial charge in [-0.2, -0.15) is 0 Å². The second kappa shape index (κ2) is 14.6. The van der Waals surface area contributed by atoms with Crippen LogP contribution in [0.25, 0.3) is 5.57 Å². The fourth-order valence-electron chi connectivity index (χ4n) is 3.86. The summed E-state index contributed by atoms with van der Waals surface area (Å²) in [6.07, 6.45) is 7.22. The Morgan fingerprint density at radius 2 is 1.25 bits per heavy atom. The molecule has 0 unspecified atom stereocenters. The van der Waals surface area contributed by atoms with Crippen LogP contribution in [0.3, 0.4) is 0 Å². The second-order valence-corrected chi connectivity index (χ2v) is 26.3. The molecule has 2 rings (SSSR count). The molecule has 0 aliphatic carbocycles. The summed E-state index contributed by atoms with van der Waals surface area (Å²) in [6.45, 7) is 26.7. The van der Waals surface area contributed by atoms with E-state index in [1.807, 2.05) is 0 Å². The third-order valence-electron chi connectivity index (χ3n) is 8.85. The van der Waals surface area contributed by atoms with E-state index in [1.54, 1.807) is 0 Å². The molecule has 0 N–H and O–H groups in total. The van der Waals surface area contributed by atoms with Crippen LogP contribution >= 0.6 is 31.9 Å².